The lowest BCUT2D eigenvalue weighted by Crippen LogP contribution is -2.19. The van der Waals surface area contributed by atoms with Gasteiger partial charge in [-0.05, 0) is 31.4 Å². The van der Waals surface area contributed by atoms with Crippen LogP contribution in [0.4, 0.5) is 0 Å². The summed E-state index contributed by atoms with van der Waals surface area (Å²) in [6.45, 7) is 7.96. The van der Waals surface area contributed by atoms with Crippen LogP contribution in [0.3, 0.4) is 0 Å². The van der Waals surface area contributed by atoms with Gasteiger partial charge in [0.25, 0.3) is 5.91 Å². The molecule has 0 radical (unpaired) electrons. The number of rotatable bonds is 4. The molecule has 1 amide bonds. The standard InChI is InChI=1S/C16H20N4O/c1-10(2)14-9-15(19-18-14)16(21)20-17-12(4)13-7-5-11(3)6-8-13/h5-10H,1-4H3,(H,18,19)(H,20,21)/b17-12-. The van der Waals surface area contributed by atoms with Crippen LogP contribution in [0.25, 0.3) is 0 Å². The van der Waals surface area contributed by atoms with E-state index in [4.69, 9.17) is 0 Å². The maximum absolute atomic E-state index is 12.0. The van der Waals surface area contributed by atoms with E-state index in [-0.39, 0.29) is 5.91 Å². The number of carbonyl (C=O) groups is 1. The van der Waals surface area contributed by atoms with E-state index in [1.807, 2.05) is 52.0 Å². The summed E-state index contributed by atoms with van der Waals surface area (Å²) in [6.07, 6.45) is 0. The van der Waals surface area contributed by atoms with Gasteiger partial charge in [0.2, 0.25) is 0 Å². The second kappa shape index (κ2) is 6.35. The number of aromatic nitrogens is 2. The molecule has 2 rings (SSSR count). The minimum absolute atomic E-state index is 0.303. The van der Waals surface area contributed by atoms with Gasteiger partial charge in [0, 0.05) is 5.69 Å². The van der Waals surface area contributed by atoms with Crippen LogP contribution in [-0.4, -0.2) is 21.8 Å². The quantitative estimate of drug-likeness (QED) is 0.669. The number of carbonyl (C=O) groups excluding carboxylic acids is 1. The van der Waals surface area contributed by atoms with Crippen molar-refractivity contribution in [2.75, 3.05) is 0 Å². The third kappa shape index (κ3) is 3.78. The molecule has 2 N–H and O–H groups in total. The summed E-state index contributed by atoms with van der Waals surface area (Å²) >= 11 is 0. The van der Waals surface area contributed by atoms with E-state index >= 15 is 0 Å². The molecule has 1 heterocycles. The minimum Gasteiger partial charge on any atom is -0.282 e. The van der Waals surface area contributed by atoms with E-state index in [9.17, 15) is 4.79 Å². The van der Waals surface area contributed by atoms with Crippen molar-refractivity contribution in [2.45, 2.75) is 33.6 Å². The summed E-state index contributed by atoms with van der Waals surface area (Å²) in [5.41, 5.74) is 6.73. The molecular formula is C16H20N4O. The molecule has 110 valence electrons. The Morgan fingerprint density at radius 3 is 2.52 bits per heavy atom. The van der Waals surface area contributed by atoms with Crippen LogP contribution in [0.2, 0.25) is 0 Å². The molecule has 0 saturated carbocycles. The number of hydrogen-bond acceptors (Lipinski definition) is 3. The van der Waals surface area contributed by atoms with Gasteiger partial charge < -0.3 is 0 Å². The molecule has 0 bridgehead atoms. The topological polar surface area (TPSA) is 70.1 Å². The van der Waals surface area contributed by atoms with Crippen molar-refractivity contribution < 1.29 is 4.79 Å². The lowest BCUT2D eigenvalue weighted by Gasteiger charge is -2.02. The van der Waals surface area contributed by atoms with Crippen molar-refractivity contribution in [2.24, 2.45) is 5.10 Å². The molecule has 0 unspecified atom stereocenters. The van der Waals surface area contributed by atoms with Gasteiger partial charge in [-0.15, -0.1) is 0 Å². The van der Waals surface area contributed by atoms with Crippen LogP contribution in [0, 0.1) is 6.92 Å². The van der Waals surface area contributed by atoms with Gasteiger partial charge >= 0.3 is 0 Å². The Kier molecular flexibility index (Phi) is 4.52. The first-order chi connectivity index (χ1) is 9.97. The van der Waals surface area contributed by atoms with Crippen molar-refractivity contribution in [3.8, 4) is 0 Å². The maximum Gasteiger partial charge on any atom is 0.291 e. The summed E-state index contributed by atoms with van der Waals surface area (Å²) in [5.74, 6) is -0.0125. The Morgan fingerprint density at radius 1 is 1.29 bits per heavy atom. The molecule has 0 saturated heterocycles. The fourth-order valence-corrected chi connectivity index (χ4v) is 1.80. The molecule has 0 aliphatic carbocycles. The van der Waals surface area contributed by atoms with E-state index in [1.54, 1.807) is 6.07 Å². The number of benzene rings is 1. The zero-order valence-corrected chi connectivity index (χ0v) is 12.8. The summed E-state index contributed by atoms with van der Waals surface area (Å²) < 4.78 is 0. The average Bonchev–Trinajstić information content (AvgIpc) is 2.95. The average molecular weight is 284 g/mol. The number of aromatic amines is 1. The Morgan fingerprint density at radius 2 is 1.95 bits per heavy atom. The van der Waals surface area contributed by atoms with Crippen molar-refractivity contribution in [1.82, 2.24) is 15.6 Å². The molecular weight excluding hydrogens is 264 g/mol. The molecule has 1 aromatic heterocycles. The van der Waals surface area contributed by atoms with Gasteiger partial charge in [-0.2, -0.15) is 10.2 Å². The van der Waals surface area contributed by atoms with Gasteiger partial charge in [-0.1, -0.05) is 43.7 Å². The highest BCUT2D eigenvalue weighted by atomic mass is 16.2. The number of nitrogens with zero attached hydrogens (tertiary/aromatic N) is 2. The molecule has 21 heavy (non-hydrogen) atoms. The molecule has 0 aliphatic heterocycles. The normalized spacial score (nSPS) is 11.8. The first-order valence-corrected chi connectivity index (χ1v) is 6.94. The maximum atomic E-state index is 12.0. The summed E-state index contributed by atoms with van der Waals surface area (Å²) in [7, 11) is 0. The predicted octanol–water partition coefficient (Wildman–Crippen LogP) is 3.00. The third-order valence-corrected chi connectivity index (χ3v) is 3.25. The summed E-state index contributed by atoms with van der Waals surface area (Å²) in [6, 6.07) is 9.73. The number of aryl methyl sites for hydroxylation is 1. The largest absolute Gasteiger partial charge is 0.291 e. The van der Waals surface area contributed by atoms with E-state index in [0.29, 0.717) is 11.6 Å². The monoisotopic (exact) mass is 284 g/mol. The second-order valence-electron chi connectivity index (χ2n) is 5.37. The number of hydrogen-bond donors (Lipinski definition) is 2. The first kappa shape index (κ1) is 15.0. The predicted molar refractivity (Wildman–Crippen MR) is 83.5 cm³/mol. The van der Waals surface area contributed by atoms with Crippen LogP contribution in [0.15, 0.2) is 35.4 Å². The van der Waals surface area contributed by atoms with Gasteiger partial charge in [0.1, 0.15) is 0 Å². The highest BCUT2D eigenvalue weighted by Crippen LogP contribution is 2.11. The number of nitrogens with one attached hydrogen (secondary N) is 2. The Hall–Kier alpha value is -2.43. The molecule has 2 aromatic rings. The third-order valence-electron chi connectivity index (χ3n) is 3.25. The van der Waals surface area contributed by atoms with Crippen LogP contribution < -0.4 is 5.43 Å². The van der Waals surface area contributed by atoms with Crippen LogP contribution >= 0.6 is 0 Å². The Bertz CT molecular complexity index is 653. The van der Waals surface area contributed by atoms with Crippen LogP contribution in [0.5, 0.6) is 0 Å². The van der Waals surface area contributed by atoms with Crippen molar-refractivity contribution in [3.05, 3.63) is 52.8 Å². The van der Waals surface area contributed by atoms with Gasteiger partial charge in [-0.3, -0.25) is 9.89 Å². The molecule has 0 spiro atoms. The molecule has 5 nitrogen and oxygen atoms in total. The Balaban J connectivity index is 2.05. The van der Waals surface area contributed by atoms with E-state index < -0.39 is 0 Å². The molecule has 0 fully saturated rings. The highest BCUT2D eigenvalue weighted by molar-refractivity contribution is 6.00. The molecule has 1 aromatic carbocycles. The van der Waals surface area contributed by atoms with E-state index in [2.05, 4.69) is 20.7 Å². The molecule has 0 atom stereocenters. The fraction of sp³-hybridized carbons (Fsp3) is 0.312. The lowest BCUT2D eigenvalue weighted by atomic mass is 10.1. The van der Waals surface area contributed by atoms with Crippen molar-refractivity contribution >= 4 is 11.6 Å². The highest BCUT2D eigenvalue weighted by Gasteiger charge is 2.11. The SMILES string of the molecule is C/C(=N/NC(=O)c1cc(C(C)C)[nH]n1)c1ccc(C)cc1. The smallest absolute Gasteiger partial charge is 0.282 e. The zero-order valence-electron chi connectivity index (χ0n) is 12.8. The van der Waals surface area contributed by atoms with Gasteiger partial charge in [-0.25, -0.2) is 5.43 Å². The van der Waals surface area contributed by atoms with Crippen LogP contribution in [-0.2, 0) is 0 Å². The van der Waals surface area contributed by atoms with Crippen molar-refractivity contribution in [3.63, 3.8) is 0 Å². The lowest BCUT2D eigenvalue weighted by molar-refractivity contribution is 0.0950. The molecule has 0 aliphatic rings. The first-order valence-electron chi connectivity index (χ1n) is 6.94. The number of hydrazone groups is 1. The zero-order chi connectivity index (χ0) is 15.4. The summed E-state index contributed by atoms with van der Waals surface area (Å²) in [4.78, 5) is 12.0. The van der Waals surface area contributed by atoms with Gasteiger partial charge in [0.15, 0.2) is 5.69 Å². The van der Waals surface area contributed by atoms with Gasteiger partial charge in [0.05, 0.1) is 5.71 Å². The van der Waals surface area contributed by atoms with E-state index in [0.717, 1.165) is 17.0 Å². The minimum atomic E-state index is -0.315. The molecule has 5 heteroatoms. The van der Waals surface area contributed by atoms with Crippen molar-refractivity contribution in [1.29, 1.82) is 0 Å². The van der Waals surface area contributed by atoms with Crippen LogP contribution in [0.1, 0.15) is 54.0 Å². The summed E-state index contributed by atoms with van der Waals surface area (Å²) in [5, 5.41) is 11.0. The fourth-order valence-electron chi connectivity index (χ4n) is 1.80. The van der Waals surface area contributed by atoms with E-state index in [1.165, 1.54) is 5.56 Å². The second-order valence-corrected chi connectivity index (χ2v) is 5.37. The number of amides is 1. The number of H-pyrrole nitrogens is 1. The Labute approximate surface area is 124 Å².